The molecule has 1 aliphatic heterocycles. The molecule has 0 amide bonds. The number of benzene rings is 1. The van der Waals surface area contributed by atoms with Gasteiger partial charge in [-0.25, -0.2) is 0 Å². The molecule has 0 spiro atoms. The van der Waals surface area contributed by atoms with Crippen LogP contribution in [0.4, 0.5) is 0 Å². The number of carbonyl (C=O) groups excluding carboxylic acids is 1. The van der Waals surface area contributed by atoms with Crippen LogP contribution < -0.4 is 0 Å². The van der Waals surface area contributed by atoms with Crippen LogP contribution >= 0.6 is 11.3 Å². The topological polar surface area (TPSA) is 49.3 Å². The minimum absolute atomic E-state index is 0.233. The van der Waals surface area contributed by atoms with Gasteiger partial charge in [0, 0.05) is 49.1 Å². The van der Waals surface area contributed by atoms with Gasteiger partial charge in [-0.3, -0.25) is 19.7 Å². The Bertz CT molecular complexity index is 941. The molecule has 1 saturated heterocycles. The van der Waals surface area contributed by atoms with Crippen molar-refractivity contribution in [3.05, 3.63) is 47.9 Å². The van der Waals surface area contributed by atoms with Crippen molar-refractivity contribution in [1.29, 1.82) is 0 Å². The number of fused-ring (bicyclic) bond motifs is 1. The summed E-state index contributed by atoms with van der Waals surface area (Å²) in [6.07, 6.45) is 4.14. The molecule has 1 atom stereocenters. The fraction of sp³-hybridized carbons (Fsp3) is 0.381. The Morgan fingerprint density at radius 1 is 1.22 bits per heavy atom. The molecule has 0 N–H and O–H groups in total. The molecule has 0 radical (unpaired) electrons. The van der Waals surface area contributed by atoms with Gasteiger partial charge in [-0.2, -0.15) is 0 Å². The minimum Gasteiger partial charge on any atom is -0.304 e. The molecule has 3 aromatic rings. The van der Waals surface area contributed by atoms with Crippen LogP contribution in [0.5, 0.6) is 0 Å². The van der Waals surface area contributed by atoms with Gasteiger partial charge in [-0.1, -0.05) is 12.1 Å². The third-order valence-corrected chi connectivity index (χ3v) is 6.04. The predicted octanol–water partition coefficient (Wildman–Crippen LogP) is 3.11. The first-order chi connectivity index (χ1) is 13.1. The average Bonchev–Trinajstić information content (AvgIpc) is 3.18. The molecular formula is C21H24N4OS. The fourth-order valence-electron chi connectivity index (χ4n) is 3.69. The van der Waals surface area contributed by atoms with Crippen LogP contribution in [0.3, 0.4) is 0 Å². The molecule has 0 aliphatic carbocycles. The number of hydrogen-bond donors (Lipinski definition) is 0. The monoisotopic (exact) mass is 380 g/mol. The number of hydrogen-bond acceptors (Lipinski definition) is 6. The molecule has 1 fully saturated rings. The van der Waals surface area contributed by atoms with Crippen molar-refractivity contribution in [2.24, 2.45) is 0 Å². The fourth-order valence-corrected chi connectivity index (χ4v) is 4.31. The number of pyridine rings is 1. The highest BCUT2D eigenvalue weighted by molar-refractivity contribution is 7.13. The van der Waals surface area contributed by atoms with Crippen LogP contribution in [0.15, 0.2) is 42.2 Å². The Morgan fingerprint density at radius 2 is 2.11 bits per heavy atom. The SMILES string of the molecule is C[C@H]1CN(C)CCN1CC(=O)Cc1cc2cc(-c3cncs3)ccc2cn1. The molecule has 1 aromatic carbocycles. The number of piperazine rings is 1. The van der Waals surface area contributed by atoms with Gasteiger partial charge in [0.1, 0.15) is 0 Å². The maximum absolute atomic E-state index is 12.6. The van der Waals surface area contributed by atoms with E-state index < -0.39 is 0 Å². The zero-order valence-electron chi connectivity index (χ0n) is 15.8. The van der Waals surface area contributed by atoms with Gasteiger partial charge in [-0.05, 0) is 37.1 Å². The molecular weight excluding hydrogens is 356 g/mol. The van der Waals surface area contributed by atoms with E-state index in [0.29, 0.717) is 19.0 Å². The van der Waals surface area contributed by atoms with Crippen LogP contribution in [-0.4, -0.2) is 64.8 Å². The summed E-state index contributed by atoms with van der Waals surface area (Å²) < 4.78 is 0. The van der Waals surface area contributed by atoms with Gasteiger partial charge < -0.3 is 4.90 Å². The van der Waals surface area contributed by atoms with Crippen molar-refractivity contribution in [1.82, 2.24) is 19.8 Å². The number of nitrogens with zero attached hydrogens (tertiary/aromatic N) is 4. The number of likely N-dealkylation sites (N-methyl/N-ethyl adjacent to an activating group) is 1. The average molecular weight is 381 g/mol. The van der Waals surface area contributed by atoms with E-state index in [-0.39, 0.29) is 5.78 Å². The smallest absolute Gasteiger partial charge is 0.152 e. The molecule has 0 unspecified atom stereocenters. The van der Waals surface area contributed by atoms with E-state index >= 15 is 0 Å². The standard InChI is InChI=1S/C21H24N4OS/c1-15-12-24(2)5-6-25(15)13-20(26)9-19-8-18-7-16(21-11-22-14-27-21)3-4-17(18)10-23-19/h3-4,7-8,10-11,14-15H,5-6,9,12-13H2,1-2H3/t15-/m0/s1. The first-order valence-electron chi connectivity index (χ1n) is 9.30. The van der Waals surface area contributed by atoms with Crippen molar-refractivity contribution >= 4 is 27.9 Å². The molecule has 3 heterocycles. The van der Waals surface area contributed by atoms with Gasteiger partial charge in [0.05, 0.1) is 23.4 Å². The van der Waals surface area contributed by atoms with E-state index in [4.69, 9.17) is 0 Å². The predicted molar refractivity (Wildman–Crippen MR) is 110 cm³/mol. The third-order valence-electron chi connectivity index (χ3n) is 5.22. The maximum Gasteiger partial charge on any atom is 0.152 e. The number of rotatable bonds is 5. The second-order valence-electron chi connectivity index (χ2n) is 7.40. The Kier molecular flexibility index (Phi) is 5.29. The van der Waals surface area contributed by atoms with Crippen LogP contribution in [0, 0.1) is 0 Å². The Balaban J connectivity index is 1.47. The second kappa shape index (κ2) is 7.84. The molecule has 6 heteroatoms. The summed E-state index contributed by atoms with van der Waals surface area (Å²) in [6.45, 7) is 5.69. The largest absolute Gasteiger partial charge is 0.304 e. The molecule has 4 rings (SSSR count). The van der Waals surface area contributed by atoms with Crippen molar-refractivity contribution < 1.29 is 4.79 Å². The van der Waals surface area contributed by atoms with Crippen molar-refractivity contribution in [2.75, 3.05) is 33.2 Å². The highest BCUT2D eigenvalue weighted by atomic mass is 32.1. The van der Waals surface area contributed by atoms with E-state index in [0.717, 1.165) is 46.5 Å². The number of ketones is 1. The van der Waals surface area contributed by atoms with E-state index in [2.05, 4.69) is 51.9 Å². The Hall–Kier alpha value is -2.15. The molecule has 2 aromatic heterocycles. The molecule has 140 valence electrons. The van der Waals surface area contributed by atoms with E-state index in [9.17, 15) is 4.79 Å². The maximum atomic E-state index is 12.6. The van der Waals surface area contributed by atoms with Crippen LogP contribution in [0.2, 0.25) is 0 Å². The van der Waals surface area contributed by atoms with E-state index in [1.807, 2.05) is 24.0 Å². The number of thiazole rings is 1. The molecule has 5 nitrogen and oxygen atoms in total. The van der Waals surface area contributed by atoms with Gasteiger partial charge in [-0.15, -0.1) is 11.3 Å². The van der Waals surface area contributed by atoms with Gasteiger partial charge in [0.15, 0.2) is 5.78 Å². The van der Waals surface area contributed by atoms with Gasteiger partial charge >= 0.3 is 0 Å². The van der Waals surface area contributed by atoms with Crippen molar-refractivity contribution in [3.8, 4) is 10.4 Å². The van der Waals surface area contributed by atoms with Gasteiger partial charge in [0.2, 0.25) is 0 Å². The lowest BCUT2D eigenvalue weighted by molar-refractivity contribution is -0.120. The summed E-state index contributed by atoms with van der Waals surface area (Å²) >= 11 is 1.63. The quantitative estimate of drug-likeness (QED) is 0.681. The first kappa shape index (κ1) is 18.2. The summed E-state index contributed by atoms with van der Waals surface area (Å²) in [5.74, 6) is 0.233. The number of Topliss-reactive ketones (excluding diaryl/α,β-unsaturated/α-hetero) is 1. The molecule has 1 aliphatic rings. The van der Waals surface area contributed by atoms with Crippen molar-refractivity contribution in [2.45, 2.75) is 19.4 Å². The molecule has 0 bridgehead atoms. The summed E-state index contributed by atoms with van der Waals surface area (Å²) in [5, 5.41) is 2.21. The highest BCUT2D eigenvalue weighted by Crippen LogP contribution is 2.27. The Labute approximate surface area is 163 Å². The van der Waals surface area contributed by atoms with E-state index in [1.54, 1.807) is 11.3 Å². The number of aromatic nitrogens is 2. The first-order valence-corrected chi connectivity index (χ1v) is 10.2. The van der Waals surface area contributed by atoms with Crippen LogP contribution in [0.1, 0.15) is 12.6 Å². The lowest BCUT2D eigenvalue weighted by Gasteiger charge is -2.37. The molecule has 27 heavy (non-hydrogen) atoms. The Morgan fingerprint density at radius 3 is 2.89 bits per heavy atom. The lowest BCUT2D eigenvalue weighted by atomic mass is 10.1. The summed E-state index contributed by atoms with van der Waals surface area (Å²) in [4.78, 5) is 27.0. The number of carbonyl (C=O) groups is 1. The summed E-state index contributed by atoms with van der Waals surface area (Å²) in [5.41, 5.74) is 3.84. The summed E-state index contributed by atoms with van der Waals surface area (Å²) in [6, 6.07) is 8.79. The van der Waals surface area contributed by atoms with Crippen LogP contribution in [-0.2, 0) is 11.2 Å². The lowest BCUT2D eigenvalue weighted by Crippen LogP contribution is -2.52. The second-order valence-corrected chi connectivity index (χ2v) is 8.29. The third kappa shape index (κ3) is 4.24. The van der Waals surface area contributed by atoms with Crippen molar-refractivity contribution in [3.63, 3.8) is 0 Å². The zero-order valence-corrected chi connectivity index (χ0v) is 16.6. The summed E-state index contributed by atoms with van der Waals surface area (Å²) in [7, 11) is 2.13. The van der Waals surface area contributed by atoms with Crippen LogP contribution in [0.25, 0.3) is 21.2 Å². The molecule has 0 saturated carbocycles. The normalized spacial score (nSPS) is 18.8. The zero-order chi connectivity index (χ0) is 18.8. The van der Waals surface area contributed by atoms with E-state index in [1.165, 1.54) is 0 Å². The minimum atomic E-state index is 0.233. The van der Waals surface area contributed by atoms with Gasteiger partial charge in [0.25, 0.3) is 0 Å². The highest BCUT2D eigenvalue weighted by Gasteiger charge is 2.23.